The van der Waals surface area contributed by atoms with Gasteiger partial charge < -0.3 is 20.0 Å². The number of nitro groups is 1. The second-order valence-electron chi connectivity index (χ2n) is 6.83. The highest BCUT2D eigenvalue weighted by Crippen LogP contribution is 2.20. The van der Waals surface area contributed by atoms with Crippen molar-refractivity contribution in [3.8, 4) is 0 Å². The molecule has 29 heavy (non-hydrogen) atoms. The molecule has 1 aliphatic rings. The third-order valence-electron chi connectivity index (χ3n) is 4.83. The Kier molecular flexibility index (Phi) is 8.62. The van der Waals surface area contributed by atoms with Crippen LogP contribution in [0.25, 0.3) is 11.1 Å². The standard InChI is InChI=1S/C18H25N5O5.ClH/c24-17(20-6-2-9-21-11-7-19-8-12-21)3-1-10-22-15-5-4-14(23(26)27)13-16(15)28-18(22)25;/h4-5,13,19H,1-3,6-12H2,(H,20,24);1H. The Morgan fingerprint density at radius 3 is 2.72 bits per heavy atom. The number of non-ortho nitro benzene ring substituents is 1. The van der Waals surface area contributed by atoms with Crippen LogP contribution in [0.4, 0.5) is 5.69 Å². The van der Waals surface area contributed by atoms with Gasteiger partial charge in [-0.3, -0.25) is 19.5 Å². The molecule has 1 aliphatic heterocycles. The number of carbonyl (C=O) groups is 1. The molecule has 11 heteroatoms. The van der Waals surface area contributed by atoms with Gasteiger partial charge in [0, 0.05) is 51.8 Å². The van der Waals surface area contributed by atoms with Crippen molar-refractivity contribution in [2.45, 2.75) is 25.8 Å². The van der Waals surface area contributed by atoms with Gasteiger partial charge in [0.2, 0.25) is 5.91 Å². The number of oxazole rings is 1. The summed E-state index contributed by atoms with van der Waals surface area (Å²) in [6, 6.07) is 4.06. The first-order chi connectivity index (χ1) is 13.5. The number of nitrogens with zero attached hydrogens (tertiary/aromatic N) is 3. The van der Waals surface area contributed by atoms with Crippen molar-refractivity contribution < 1.29 is 14.1 Å². The average molecular weight is 428 g/mol. The minimum atomic E-state index is -0.577. The van der Waals surface area contributed by atoms with Crippen LogP contribution in [-0.2, 0) is 11.3 Å². The number of hydrogen-bond acceptors (Lipinski definition) is 7. The van der Waals surface area contributed by atoms with Gasteiger partial charge in [0.25, 0.3) is 5.69 Å². The van der Waals surface area contributed by atoms with Gasteiger partial charge in [-0.05, 0) is 25.5 Å². The van der Waals surface area contributed by atoms with Crippen molar-refractivity contribution in [2.75, 3.05) is 39.3 Å². The first-order valence-electron chi connectivity index (χ1n) is 9.52. The van der Waals surface area contributed by atoms with Gasteiger partial charge in [-0.1, -0.05) is 0 Å². The molecule has 0 spiro atoms. The van der Waals surface area contributed by atoms with E-state index in [0.717, 1.165) is 39.1 Å². The Labute approximate surface area is 173 Å². The molecule has 0 bridgehead atoms. The Morgan fingerprint density at radius 2 is 2.00 bits per heavy atom. The Bertz CT molecular complexity index is 890. The summed E-state index contributed by atoms with van der Waals surface area (Å²) in [5.41, 5.74) is 0.539. The second kappa shape index (κ2) is 10.9. The lowest BCUT2D eigenvalue weighted by Crippen LogP contribution is -2.44. The van der Waals surface area contributed by atoms with E-state index < -0.39 is 10.7 Å². The van der Waals surface area contributed by atoms with E-state index in [-0.39, 0.29) is 29.6 Å². The summed E-state index contributed by atoms with van der Waals surface area (Å²) < 4.78 is 6.48. The van der Waals surface area contributed by atoms with E-state index in [1.165, 1.54) is 22.8 Å². The quantitative estimate of drug-likeness (QED) is 0.349. The molecule has 0 saturated carbocycles. The number of nitro benzene ring substituents is 1. The van der Waals surface area contributed by atoms with Crippen molar-refractivity contribution in [3.05, 3.63) is 38.9 Å². The minimum absolute atomic E-state index is 0. The summed E-state index contributed by atoms with van der Waals surface area (Å²) in [6.45, 7) is 6.06. The molecule has 0 unspecified atom stereocenters. The first-order valence-corrected chi connectivity index (χ1v) is 9.52. The predicted octanol–water partition coefficient (Wildman–Crippen LogP) is 1.12. The highest BCUT2D eigenvalue weighted by atomic mass is 35.5. The van der Waals surface area contributed by atoms with Crippen LogP contribution in [0.15, 0.2) is 27.4 Å². The number of carbonyl (C=O) groups excluding carboxylic acids is 1. The lowest BCUT2D eigenvalue weighted by molar-refractivity contribution is -0.384. The number of benzene rings is 1. The zero-order valence-corrected chi connectivity index (χ0v) is 16.9. The van der Waals surface area contributed by atoms with Crippen molar-refractivity contribution in [2.24, 2.45) is 0 Å². The van der Waals surface area contributed by atoms with E-state index in [4.69, 9.17) is 4.42 Å². The number of halogens is 1. The maximum absolute atomic E-state index is 12.0. The van der Waals surface area contributed by atoms with Crippen molar-refractivity contribution in [1.82, 2.24) is 20.1 Å². The zero-order chi connectivity index (χ0) is 19.9. The van der Waals surface area contributed by atoms with Crippen molar-refractivity contribution in [3.63, 3.8) is 0 Å². The molecular formula is C18H26ClN5O5. The zero-order valence-electron chi connectivity index (χ0n) is 16.1. The average Bonchev–Trinajstić information content (AvgIpc) is 3.00. The SMILES string of the molecule is Cl.O=C(CCCn1c(=O)oc2cc([N+](=O)[O-])ccc21)NCCCN1CCNCC1. The van der Waals surface area contributed by atoms with Gasteiger partial charge >= 0.3 is 5.76 Å². The fourth-order valence-electron chi connectivity index (χ4n) is 3.33. The van der Waals surface area contributed by atoms with Gasteiger partial charge in [0.15, 0.2) is 5.58 Å². The lowest BCUT2D eigenvalue weighted by Gasteiger charge is -2.27. The van der Waals surface area contributed by atoms with Gasteiger partial charge in [-0.15, -0.1) is 12.4 Å². The number of nitrogens with one attached hydrogen (secondary N) is 2. The summed E-state index contributed by atoms with van der Waals surface area (Å²) in [4.78, 5) is 36.6. The predicted molar refractivity (Wildman–Crippen MR) is 111 cm³/mol. The molecule has 1 saturated heterocycles. The molecule has 2 heterocycles. The monoisotopic (exact) mass is 427 g/mol. The third kappa shape index (κ3) is 6.28. The molecule has 10 nitrogen and oxygen atoms in total. The number of aryl methyl sites for hydroxylation is 1. The highest BCUT2D eigenvalue weighted by Gasteiger charge is 2.14. The van der Waals surface area contributed by atoms with Crippen molar-refractivity contribution in [1.29, 1.82) is 0 Å². The van der Waals surface area contributed by atoms with Gasteiger partial charge in [0.1, 0.15) is 0 Å². The van der Waals surface area contributed by atoms with Crippen LogP contribution in [0.2, 0.25) is 0 Å². The Morgan fingerprint density at radius 1 is 1.24 bits per heavy atom. The fourth-order valence-corrected chi connectivity index (χ4v) is 3.33. The highest BCUT2D eigenvalue weighted by molar-refractivity contribution is 5.85. The van der Waals surface area contributed by atoms with Crippen LogP contribution in [0, 0.1) is 10.1 Å². The molecule has 0 radical (unpaired) electrons. The maximum Gasteiger partial charge on any atom is 0.419 e. The summed E-state index contributed by atoms with van der Waals surface area (Å²) in [5.74, 6) is -0.622. The number of rotatable bonds is 9. The molecule has 1 aromatic carbocycles. The molecule has 0 aliphatic carbocycles. The lowest BCUT2D eigenvalue weighted by atomic mass is 10.2. The van der Waals surface area contributed by atoms with E-state index in [9.17, 15) is 19.7 Å². The van der Waals surface area contributed by atoms with E-state index in [2.05, 4.69) is 15.5 Å². The number of fused-ring (bicyclic) bond motifs is 1. The van der Waals surface area contributed by atoms with Crippen LogP contribution >= 0.6 is 12.4 Å². The molecule has 2 N–H and O–H groups in total. The van der Waals surface area contributed by atoms with Crippen molar-refractivity contribution >= 4 is 35.1 Å². The summed E-state index contributed by atoms with van der Waals surface area (Å²) in [5, 5.41) is 17.0. The smallest absolute Gasteiger partial charge is 0.407 e. The van der Waals surface area contributed by atoms with E-state index in [0.29, 0.717) is 31.4 Å². The summed E-state index contributed by atoms with van der Waals surface area (Å²) in [6.07, 6.45) is 1.70. The topological polar surface area (TPSA) is 123 Å². The number of hydrogen-bond donors (Lipinski definition) is 2. The summed E-state index contributed by atoms with van der Waals surface area (Å²) >= 11 is 0. The van der Waals surface area contributed by atoms with Crippen LogP contribution in [0.1, 0.15) is 19.3 Å². The van der Waals surface area contributed by atoms with E-state index in [1.807, 2.05) is 0 Å². The Balaban J connectivity index is 0.00000300. The first kappa shape index (κ1) is 22.9. The number of aromatic nitrogens is 1. The molecule has 160 valence electrons. The van der Waals surface area contributed by atoms with E-state index in [1.54, 1.807) is 0 Å². The van der Waals surface area contributed by atoms with Gasteiger partial charge in [-0.2, -0.15) is 0 Å². The largest absolute Gasteiger partial charge is 0.419 e. The third-order valence-corrected chi connectivity index (χ3v) is 4.83. The molecule has 0 atom stereocenters. The molecular weight excluding hydrogens is 402 g/mol. The molecule has 1 amide bonds. The van der Waals surface area contributed by atoms with Crippen LogP contribution in [0.3, 0.4) is 0 Å². The minimum Gasteiger partial charge on any atom is -0.407 e. The summed E-state index contributed by atoms with van der Waals surface area (Å²) in [7, 11) is 0. The number of amides is 1. The van der Waals surface area contributed by atoms with Crippen LogP contribution in [-0.4, -0.2) is 59.6 Å². The van der Waals surface area contributed by atoms with Gasteiger partial charge in [0.05, 0.1) is 16.5 Å². The molecule has 2 aromatic rings. The molecule has 1 aromatic heterocycles. The van der Waals surface area contributed by atoms with Crippen LogP contribution in [0.5, 0.6) is 0 Å². The Hall–Kier alpha value is -2.43. The second-order valence-corrected chi connectivity index (χ2v) is 6.83. The van der Waals surface area contributed by atoms with Crippen LogP contribution < -0.4 is 16.4 Å². The normalized spacial score (nSPS) is 14.5. The fraction of sp³-hybridized carbons (Fsp3) is 0.556. The van der Waals surface area contributed by atoms with Gasteiger partial charge in [-0.25, -0.2) is 4.79 Å². The maximum atomic E-state index is 12.0. The molecule has 3 rings (SSSR count). The molecule has 1 fully saturated rings. The number of piperazine rings is 1. The van der Waals surface area contributed by atoms with E-state index >= 15 is 0 Å².